The molecular formula is C8H8N2O. The topological polar surface area (TPSA) is 56.9 Å². The SMILES string of the molecule is C[C@H](O)c1cc(C#N)ccn1. The van der Waals surface area contributed by atoms with Gasteiger partial charge in [0.15, 0.2) is 0 Å². The highest BCUT2D eigenvalue weighted by molar-refractivity contribution is 5.29. The summed E-state index contributed by atoms with van der Waals surface area (Å²) >= 11 is 0. The predicted octanol–water partition coefficient (Wildman–Crippen LogP) is 1.01. The summed E-state index contributed by atoms with van der Waals surface area (Å²) in [5, 5.41) is 17.6. The van der Waals surface area contributed by atoms with Gasteiger partial charge in [-0.15, -0.1) is 0 Å². The highest BCUT2D eigenvalue weighted by Gasteiger charge is 2.01. The molecule has 0 unspecified atom stereocenters. The molecule has 11 heavy (non-hydrogen) atoms. The molecular weight excluding hydrogens is 140 g/mol. The third-order valence-electron chi connectivity index (χ3n) is 1.34. The average molecular weight is 148 g/mol. The van der Waals surface area contributed by atoms with Crippen molar-refractivity contribution in [2.24, 2.45) is 0 Å². The molecule has 0 saturated carbocycles. The van der Waals surface area contributed by atoms with Gasteiger partial charge >= 0.3 is 0 Å². The number of aromatic nitrogens is 1. The molecule has 0 spiro atoms. The summed E-state index contributed by atoms with van der Waals surface area (Å²) in [5.74, 6) is 0. The summed E-state index contributed by atoms with van der Waals surface area (Å²) < 4.78 is 0. The maximum absolute atomic E-state index is 9.07. The van der Waals surface area contributed by atoms with Crippen molar-refractivity contribution >= 4 is 0 Å². The van der Waals surface area contributed by atoms with Crippen molar-refractivity contribution in [1.29, 1.82) is 5.26 Å². The molecule has 3 heteroatoms. The van der Waals surface area contributed by atoms with E-state index in [1.54, 1.807) is 19.1 Å². The summed E-state index contributed by atoms with van der Waals surface area (Å²) in [6.45, 7) is 1.61. The van der Waals surface area contributed by atoms with Gasteiger partial charge in [0.25, 0.3) is 0 Å². The van der Waals surface area contributed by atoms with Crippen molar-refractivity contribution in [3.8, 4) is 6.07 Å². The van der Waals surface area contributed by atoms with E-state index in [9.17, 15) is 0 Å². The molecule has 0 saturated heterocycles. The lowest BCUT2D eigenvalue weighted by Gasteiger charge is -2.01. The first-order valence-electron chi connectivity index (χ1n) is 3.28. The Morgan fingerprint density at radius 3 is 3.00 bits per heavy atom. The Kier molecular flexibility index (Phi) is 2.19. The first-order valence-corrected chi connectivity index (χ1v) is 3.28. The van der Waals surface area contributed by atoms with E-state index in [0.717, 1.165) is 0 Å². The Morgan fingerprint density at radius 2 is 2.45 bits per heavy atom. The normalized spacial score (nSPS) is 12.1. The van der Waals surface area contributed by atoms with Crippen LogP contribution in [0.4, 0.5) is 0 Å². The van der Waals surface area contributed by atoms with E-state index in [4.69, 9.17) is 10.4 Å². The van der Waals surface area contributed by atoms with E-state index in [0.29, 0.717) is 11.3 Å². The van der Waals surface area contributed by atoms with Gasteiger partial charge in [0.05, 0.1) is 23.4 Å². The maximum atomic E-state index is 9.07. The molecule has 3 nitrogen and oxygen atoms in total. The lowest BCUT2D eigenvalue weighted by Crippen LogP contribution is -1.94. The van der Waals surface area contributed by atoms with Crippen LogP contribution in [0.2, 0.25) is 0 Å². The highest BCUT2D eigenvalue weighted by atomic mass is 16.3. The van der Waals surface area contributed by atoms with Crippen LogP contribution in [0.1, 0.15) is 24.3 Å². The molecule has 0 aromatic carbocycles. The van der Waals surface area contributed by atoms with Gasteiger partial charge in [-0.2, -0.15) is 5.26 Å². The van der Waals surface area contributed by atoms with Gasteiger partial charge in [0.1, 0.15) is 0 Å². The van der Waals surface area contributed by atoms with Crippen molar-refractivity contribution in [3.05, 3.63) is 29.6 Å². The molecule has 0 fully saturated rings. The summed E-state index contributed by atoms with van der Waals surface area (Å²) in [4.78, 5) is 3.89. The molecule has 1 heterocycles. The Morgan fingerprint density at radius 1 is 1.73 bits per heavy atom. The zero-order valence-corrected chi connectivity index (χ0v) is 6.15. The van der Waals surface area contributed by atoms with E-state index in [1.165, 1.54) is 6.20 Å². The van der Waals surface area contributed by atoms with E-state index in [2.05, 4.69) is 4.98 Å². The van der Waals surface area contributed by atoms with Gasteiger partial charge in [-0.05, 0) is 19.1 Å². The van der Waals surface area contributed by atoms with E-state index >= 15 is 0 Å². The number of nitrogens with zero attached hydrogens (tertiary/aromatic N) is 2. The molecule has 56 valence electrons. The summed E-state index contributed by atoms with van der Waals surface area (Å²) in [7, 11) is 0. The third-order valence-corrected chi connectivity index (χ3v) is 1.34. The second-order valence-electron chi connectivity index (χ2n) is 2.26. The van der Waals surface area contributed by atoms with Crippen molar-refractivity contribution < 1.29 is 5.11 Å². The van der Waals surface area contributed by atoms with Gasteiger partial charge in [-0.1, -0.05) is 0 Å². The molecule has 0 aliphatic carbocycles. The summed E-state index contributed by atoms with van der Waals surface area (Å²) in [6, 6.07) is 5.15. The second kappa shape index (κ2) is 3.13. The predicted molar refractivity (Wildman–Crippen MR) is 39.6 cm³/mol. The summed E-state index contributed by atoms with van der Waals surface area (Å²) in [6.07, 6.45) is 0.906. The molecule has 1 N–H and O–H groups in total. The lowest BCUT2D eigenvalue weighted by atomic mass is 10.2. The minimum atomic E-state index is -0.608. The molecule has 1 atom stereocenters. The number of aliphatic hydroxyl groups excluding tert-OH is 1. The molecule has 1 aromatic rings. The fourth-order valence-electron chi connectivity index (χ4n) is 0.746. The number of hydrogen-bond donors (Lipinski definition) is 1. The van der Waals surface area contributed by atoms with Crippen LogP contribution in [0.15, 0.2) is 18.3 Å². The Bertz CT molecular complexity index is 288. The van der Waals surface area contributed by atoms with Gasteiger partial charge in [0.2, 0.25) is 0 Å². The molecule has 0 aliphatic heterocycles. The maximum Gasteiger partial charge on any atom is 0.0992 e. The molecule has 1 aromatic heterocycles. The molecule has 0 bridgehead atoms. The third kappa shape index (κ3) is 1.76. The fraction of sp³-hybridized carbons (Fsp3) is 0.250. The largest absolute Gasteiger partial charge is 0.387 e. The minimum Gasteiger partial charge on any atom is -0.387 e. The number of rotatable bonds is 1. The minimum absolute atomic E-state index is 0.524. The number of aliphatic hydroxyl groups is 1. The van der Waals surface area contributed by atoms with E-state index in [1.807, 2.05) is 6.07 Å². The quantitative estimate of drug-likeness (QED) is 0.646. The standard InChI is InChI=1S/C8H8N2O/c1-6(11)8-4-7(5-9)2-3-10-8/h2-4,6,11H,1H3/t6-/m0/s1. The summed E-state index contributed by atoms with van der Waals surface area (Å²) in [5.41, 5.74) is 1.06. The first-order chi connectivity index (χ1) is 5.24. The van der Waals surface area contributed by atoms with Crippen molar-refractivity contribution in [1.82, 2.24) is 4.98 Å². The lowest BCUT2D eigenvalue weighted by molar-refractivity contribution is 0.194. The van der Waals surface area contributed by atoms with E-state index in [-0.39, 0.29) is 0 Å². The average Bonchev–Trinajstić information content (AvgIpc) is 2.05. The van der Waals surface area contributed by atoms with Gasteiger partial charge < -0.3 is 5.11 Å². The Balaban J connectivity index is 3.03. The number of pyridine rings is 1. The van der Waals surface area contributed by atoms with Crippen molar-refractivity contribution in [3.63, 3.8) is 0 Å². The monoisotopic (exact) mass is 148 g/mol. The van der Waals surface area contributed by atoms with Crippen LogP contribution >= 0.6 is 0 Å². The van der Waals surface area contributed by atoms with Crippen LogP contribution in [0.25, 0.3) is 0 Å². The highest BCUT2D eigenvalue weighted by Crippen LogP contribution is 2.08. The fourth-order valence-corrected chi connectivity index (χ4v) is 0.746. The Hall–Kier alpha value is -1.40. The van der Waals surface area contributed by atoms with Crippen LogP contribution in [-0.4, -0.2) is 10.1 Å². The van der Waals surface area contributed by atoms with Crippen molar-refractivity contribution in [2.75, 3.05) is 0 Å². The van der Waals surface area contributed by atoms with Crippen LogP contribution < -0.4 is 0 Å². The van der Waals surface area contributed by atoms with Crippen LogP contribution in [0, 0.1) is 11.3 Å². The zero-order valence-electron chi connectivity index (χ0n) is 6.15. The van der Waals surface area contributed by atoms with E-state index < -0.39 is 6.10 Å². The van der Waals surface area contributed by atoms with Crippen LogP contribution in [0.5, 0.6) is 0 Å². The first kappa shape index (κ1) is 7.70. The Labute approximate surface area is 64.9 Å². The molecule has 0 radical (unpaired) electrons. The molecule has 1 rings (SSSR count). The second-order valence-corrected chi connectivity index (χ2v) is 2.26. The molecule has 0 amide bonds. The smallest absolute Gasteiger partial charge is 0.0992 e. The van der Waals surface area contributed by atoms with Crippen LogP contribution in [-0.2, 0) is 0 Å². The molecule has 0 aliphatic rings. The van der Waals surface area contributed by atoms with Gasteiger partial charge in [-0.25, -0.2) is 0 Å². The van der Waals surface area contributed by atoms with Crippen molar-refractivity contribution in [2.45, 2.75) is 13.0 Å². The van der Waals surface area contributed by atoms with Gasteiger partial charge in [-0.3, -0.25) is 4.98 Å². The number of hydrogen-bond acceptors (Lipinski definition) is 3. The van der Waals surface area contributed by atoms with Gasteiger partial charge in [0, 0.05) is 6.20 Å². The zero-order chi connectivity index (χ0) is 8.27. The van der Waals surface area contributed by atoms with Crippen LogP contribution in [0.3, 0.4) is 0 Å². The number of nitriles is 1.